The summed E-state index contributed by atoms with van der Waals surface area (Å²) in [6, 6.07) is 4.06. The summed E-state index contributed by atoms with van der Waals surface area (Å²) in [6.07, 6.45) is -3.61. The molecule has 2 heterocycles. The highest BCUT2D eigenvalue weighted by Gasteiger charge is 2.45. The van der Waals surface area contributed by atoms with Crippen molar-refractivity contribution in [2.24, 2.45) is 5.73 Å². The molecule has 3 rings (SSSR count). The molecule has 2 aliphatic rings. The van der Waals surface area contributed by atoms with Crippen molar-refractivity contribution in [2.75, 3.05) is 0 Å². The normalized spacial score (nSPS) is 35.4. The van der Waals surface area contributed by atoms with Crippen LogP contribution in [0.3, 0.4) is 0 Å². The standard InChI is InChI=1S/C14H19N3O5/c15-11(19)6-2-1-3-7-10(6)14(22)17(13(7)21)8-4-5-9(18)16-12(8)20/h1-3,8-9,12-14,16,18,20-22H,4-5H2,(H2,15,19). The van der Waals surface area contributed by atoms with Crippen LogP contribution in [-0.4, -0.2) is 49.7 Å². The van der Waals surface area contributed by atoms with Crippen molar-refractivity contribution in [1.82, 2.24) is 10.2 Å². The molecule has 0 radical (unpaired) electrons. The van der Waals surface area contributed by atoms with E-state index in [0.717, 1.165) is 0 Å². The Morgan fingerprint density at radius 3 is 2.55 bits per heavy atom. The van der Waals surface area contributed by atoms with Crippen molar-refractivity contribution < 1.29 is 25.2 Å². The number of hydrogen-bond acceptors (Lipinski definition) is 7. The lowest BCUT2D eigenvalue weighted by atomic mass is 10.0. The van der Waals surface area contributed by atoms with E-state index in [-0.39, 0.29) is 11.1 Å². The smallest absolute Gasteiger partial charge is 0.249 e. The fraction of sp³-hybridized carbons (Fsp3) is 0.500. The molecule has 22 heavy (non-hydrogen) atoms. The molecule has 0 bridgehead atoms. The van der Waals surface area contributed by atoms with Crippen molar-refractivity contribution in [3.8, 4) is 0 Å². The third-order valence-electron chi connectivity index (χ3n) is 4.35. The van der Waals surface area contributed by atoms with Gasteiger partial charge in [-0.05, 0) is 18.9 Å². The average Bonchev–Trinajstić information content (AvgIpc) is 2.72. The fourth-order valence-corrected chi connectivity index (χ4v) is 3.31. The van der Waals surface area contributed by atoms with E-state index in [0.29, 0.717) is 18.4 Å². The van der Waals surface area contributed by atoms with Crippen LogP contribution in [0.5, 0.6) is 0 Å². The molecule has 5 unspecified atom stereocenters. The van der Waals surface area contributed by atoms with Gasteiger partial charge in [0.2, 0.25) is 5.91 Å². The zero-order chi connectivity index (χ0) is 16.0. The lowest BCUT2D eigenvalue weighted by Crippen LogP contribution is -2.57. The fourth-order valence-electron chi connectivity index (χ4n) is 3.31. The number of nitrogens with one attached hydrogen (secondary N) is 1. The molecule has 0 aromatic heterocycles. The van der Waals surface area contributed by atoms with Crippen LogP contribution in [0, 0.1) is 0 Å². The van der Waals surface area contributed by atoms with Gasteiger partial charge in [0.25, 0.3) is 0 Å². The summed E-state index contributed by atoms with van der Waals surface area (Å²) in [7, 11) is 0. The second-order valence-corrected chi connectivity index (χ2v) is 5.64. The van der Waals surface area contributed by atoms with Gasteiger partial charge in [0.05, 0.1) is 6.04 Å². The Labute approximate surface area is 126 Å². The molecular weight excluding hydrogens is 290 g/mol. The number of benzene rings is 1. The van der Waals surface area contributed by atoms with E-state index < -0.39 is 36.9 Å². The molecule has 1 amide bonds. The number of hydrogen-bond donors (Lipinski definition) is 6. The molecule has 5 atom stereocenters. The van der Waals surface area contributed by atoms with Crippen molar-refractivity contribution in [1.29, 1.82) is 0 Å². The van der Waals surface area contributed by atoms with Gasteiger partial charge in [-0.25, -0.2) is 4.90 Å². The molecule has 120 valence electrons. The second kappa shape index (κ2) is 5.58. The summed E-state index contributed by atoms with van der Waals surface area (Å²) >= 11 is 0. The Morgan fingerprint density at radius 1 is 1.18 bits per heavy atom. The maximum absolute atomic E-state index is 11.5. The minimum atomic E-state index is -1.26. The molecule has 1 saturated heterocycles. The lowest BCUT2D eigenvalue weighted by molar-refractivity contribution is -0.159. The summed E-state index contributed by atoms with van der Waals surface area (Å²) in [6.45, 7) is 0. The third kappa shape index (κ3) is 2.30. The first kappa shape index (κ1) is 15.3. The number of aliphatic hydroxyl groups is 4. The van der Waals surface area contributed by atoms with Crippen LogP contribution in [0.2, 0.25) is 0 Å². The summed E-state index contributed by atoms with van der Waals surface area (Å²) < 4.78 is 0. The number of primary amides is 1. The number of carbonyl (C=O) groups is 1. The van der Waals surface area contributed by atoms with E-state index >= 15 is 0 Å². The van der Waals surface area contributed by atoms with Crippen molar-refractivity contribution in [3.05, 3.63) is 34.9 Å². The summed E-state index contributed by atoms with van der Waals surface area (Å²) in [5.41, 5.74) is 6.12. The maximum atomic E-state index is 11.5. The summed E-state index contributed by atoms with van der Waals surface area (Å²) in [5, 5.41) is 43.1. The van der Waals surface area contributed by atoms with Crippen LogP contribution in [-0.2, 0) is 0 Å². The van der Waals surface area contributed by atoms with Gasteiger partial charge < -0.3 is 26.2 Å². The number of nitrogens with two attached hydrogens (primary N) is 1. The largest absolute Gasteiger partial charge is 0.379 e. The van der Waals surface area contributed by atoms with E-state index in [2.05, 4.69) is 5.32 Å². The van der Waals surface area contributed by atoms with Gasteiger partial charge in [-0.3, -0.25) is 10.1 Å². The predicted molar refractivity (Wildman–Crippen MR) is 74.9 cm³/mol. The molecule has 7 N–H and O–H groups in total. The Bertz CT molecular complexity index is 596. The average molecular weight is 309 g/mol. The monoisotopic (exact) mass is 309 g/mol. The third-order valence-corrected chi connectivity index (χ3v) is 4.35. The first-order valence-electron chi connectivity index (χ1n) is 7.10. The molecular formula is C14H19N3O5. The molecule has 1 aromatic rings. The Morgan fingerprint density at radius 2 is 1.91 bits per heavy atom. The number of nitrogens with zero attached hydrogens (tertiary/aromatic N) is 1. The van der Waals surface area contributed by atoms with Crippen molar-refractivity contribution in [3.63, 3.8) is 0 Å². The number of aliphatic hydroxyl groups excluding tert-OH is 4. The number of carbonyl (C=O) groups excluding carboxylic acids is 1. The molecule has 0 spiro atoms. The van der Waals surface area contributed by atoms with Crippen LogP contribution in [0.15, 0.2) is 18.2 Å². The number of amides is 1. The van der Waals surface area contributed by atoms with Crippen LogP contribution in [0.1, 0.15) is 46.8 Å². The Hall–Kier alpha value is -1.55. The van der Waals surface area contributed by atoms with Gasteiger partial charge in [0.15, 0.2) is 0 Å². The van der Waals surface area contributed by atoms with Crippen molar-refractivity contribution in [2.45, 2.75) is 43.8 Å². The molecule has 8 nitrogen and oxygen atoms in total. The molecule has 1 aromatic carbocycles. The highest BCUT2D eigenvalue weighted by molar-refractivity contribution is 5.95. The van der Waals surface area contributed by atoms with E-state index in [9.17, 15) is 25.2 Å². The van der Waals surface area contributed by atoms with Crippen LogP contribution < -0.4 is 11.1 Å². The molecule has 0 aliphatic carbocycles. The van der Waals surface area contributed by atoms with Crippen LogP contribution >= 0.6 is 0 Å². The summed E-state index contributed by atoms with van der Waals surface area (Å²) in [4.78, 5) is 12.8. The molecule has 0 saturated carbocycles. The minimum absolute atomic E-state index is 0.143. The number of rotatable bonds is 2. The van der Waals surface area contributed by atoms with E-state index in [1.807, 2.05) is 0 Å². The lowest BCUT2D eigenvalue weighted by Gasteiger charge is -2.40. The zero-order valence-electron chi connectivity index (χ0n) is 11.8. The van der Waals surface area contributed by atoms with Gasteiger partial charge in [-0.2, -0.15) is 0 Å². The molecule has 8 heteroatoms. The van der Waals surface area contributed by atoms with Crippen LogP contribution in [0.25, 0.3) is 0 Å². The minimum Gasteiger partial charge on any atom is -0.379 e. The van der Waals surface area contributed by atoms with E-state index in [1.54, 1.807) is 12.1 Å². The molecule has 1 fully saturated rings. The van der Waals surface area contributed by atoms with E-state index in [4.69, 9.17) is 5.73 Å². The predicted octanol–water partition coefficient (Wildman–Crippen LogP) is -1.53. The zero-order valence-corrected chi connectivity index (χ0v) is 11.8. The van der Waals surface area contributed by atoms with Crippen molar-refractivity contribution >= 4 is 5.91 Å². The number of piperidine rings is 1. The topological polar surface area (TPSA) is 139 Å². The summed E-state index contributed by atoms with van der Waals surface area (Å²) in [5.74, 6) is -0.692. The SMILES string of the molecule is NC(=O)c1cccc2c1C(O)N(C1CCC(O)NC1O)C2O. The quantitative estimate of drug-likeness (QED) is 0.389. The van der Waals surface area contributed by atoms with Gasteiger partial charge in [0.1, 0.15) is 24.9 Å². The molecule has 2 aliphatic heterocycles. The number of fused-ring (bicyclic) bond motifs is 1. The van der Waals surface area contributed by atoms with Crippen LogP contribution in [0.4, 0.5) is 0 Å². The van der Waals surface area contributed by atoms with Gasteiger partial charge >= 0.3 is 0 Å². The van der Waals surface area contributed by atoms with Gasteiger partial charge in [0, 0.05) is 16.7 Å². The van der Waals surface area contributed by atoms with Gasteiger partial charge in [-0.1, -0.05) is 12.1 Å². The highest BCUT2D eigenvalue weighted by Crippen LogP contribution is 2.43. The second-order valence-electron chi connectivity index (χ2n) is 5.64. The van der Waals surface area contributed by atoms with Gasteiger partial charge in [-0.15, -0.1) is 0 Å². The Balaban J connectivity index is 1.96. The first-order valence-corrected chi connectivity index (χ1v) is 7.10. The highest BCUT2D eigenvalue weighted by atomic mass is 16.3. The van der Waals surface area contributed by atoms with E-state index in [1.165, 1.54) is 11.0 Å². The Kier molecular flexibility index (Phi) is 3.89. The maximum Gasteiger partial charge on any atom is 0.249 e. The first-order chi connectivity index (χ1) is 10.4.